The Labute approximate surface area is 164 Å². The first-order chi connectivity index (χ1) is 13.2. The van der Waals surface area contributed by atoms with E-state index in [1.807, 2.05) is 36.4 Å². The second kappa shape index (κ2) is 8.19. The zero-order chi connectivity index (χ0) is 18.6. The number of benzene rings is 2. The van der Waals surface area contributed by atoms with Crippen molar-refractivity contribution in [3.8, 4) is 11.5 Å². The van der Waals surface area contributed by atoms with Crippen LogP contribution in [0, 0.1) is 0 Å². The van der Waals surface area contributed by atoms with Crippen molar-refractivity contribution >= 4 is 17.5 Å². The summed E-state index contributed by atoms with van der Waals surface area (Å²) < 4.78 is 10.9. The average Bonchev–Trinajstić information content (AvgIpc) is 3.35. The first-order valence-corrected chi connectivity index (χ1v) is 9.71. The molecule has 1 saturated heterocycles. The van der Waals surface area contributed by atoms with Crippen LogP contribution < -0.4 is 14.8 Å². The van der Waals surface area contributed by atoms with Crippen LogP contribution in [0.5, 0.6) is 11.5 Å². The van der Waals surface area contributed by atoms with Crippen molar-refractivity contribution in [1.82, 2.24) is 10.2 Å². The molecule has 2 aromatic carbocycles. The fraction of sp³-hybridized carbons (Fsp3) is 0.381. The molecule has 0 bridgehead atoms. The number of halogens is 1. The summed E-state index contributed by atoms with van der Waals surface area (Å²) in [7, 11) is 0. The maximum atomic E-state index is 12.4. The van der Waals surface area contributed by atoms with Gasteiger partial charge < -0.3 is 14.8 Å². The van der Waals surface area contributed by atoms with Crippen molar-refractivity contribution in [3.63, 3.8) is 0 Å². The van der Waals surface area contributed by atoms with E-state index < -0.39 is 0 Å². The molecule has 1 amide bonds. The van der Waals surface area contributed by atoms with Crippen LogP contribution in [-0.4, -0.2) is 37.2 Å². The molecule has 6 heteroatoms. The lowest BCUT2D eigenvalue weighted by atomic mass is 10.0. The molecule has 1 atom stereocenters. The zero-order valence-corrected chi connectivity index (χ0v) is 15.9. The first kappa shape index (κ1) is 18.1. The summed E-state index contributed by atoms with van der Waals surface area (Å²) in [4.78, 5) is 14.9. The van der Waals surface area contributed by atoms with Crippen LogP contribution in [0.15, 0.2) is 42.5 Å². The molecule has 4 rings (SSSR count). The van der Waals surface area contributed by atoms with Gasteiger partial charge in [-0.3, -0.25) is 9.69 Å². The van der Waals surface area contributed by atoms with Gasteiger partial charge in [0.1, 0.15) is 0 Å². The number of amides is 1. The molecule has 2 aliphatic heterocycles. The molecule has 0 aliphatic carbocycles. The van der Waals surface area contributed by atoms with Gasteiger partial charge in [-0.15, -0.1) is 0 Å². The molecule has 2 aliphatic rings. The third kappa shape index (κ3) is 4.37. The Bertz CT molecular complexity index is 804. The Hall–Kier alpha value is -2.24. The second-order valence-corrected chi connectivity index (χ2v) is 7.42. The van der Waals surface area contributed by atoms with Crippen molar-refractivity contribution in [2.45, 2.75) is 25.3 Å². The monoisotopic (exact) mass is 386 g/mol. The fourth-order valence-electron chi connectivity index (χ4n) is 3.69. The van der Waals surface area contributed by atoms with Gasteiger partial charge in [0, 0.05) is 11.6 Å². The van der Waals surface area contributed by atoms with E-state index in [0.717, 1.165) is 35.7 Å². The van der Waals surface area contributed by atoms with E-state index in [0.29, 0.717) is 18.0 Å². The number of nitrogens with zero attached hydrogens (tertiary/aromatic N) is 1. The van der Waals surface area contributed by atoms with Crippen LogP contribution in [-0.2, 0) is 11.2 Å². The lowest BCUT2D eigenvalue weighted by molar-refractivity contribution is -0.120. The number of likely N-dealkylation sites (tertiary alicyclic amines) is 1. The number of carbonyl (C=O) groups is 1. The SMILES string of the molecule is O=C(Cc1ccc(Cl)cc1)NC[C@@H](c1ccc2c(c1)OCO2)N1CCCC1. The highest BCUT2D eigenvalue weighted by Crippen LogP contribution is 2.36. The molecular weight excluding hydrogens is 364 g/mol. The number of ether oxygens (including phenoxy) is 2. The standard InChI is InChI=1S/C21H23ClN2O3/c22-17-6-3-15(4-7-17)11-21(25)23-13-18(24-9-1-2-10-24)16-5-8-19-20(12-16)27-14-26-19/h3-8,12,18H,1-2,9-11,13-14H2,(H,23,25)/t18-/m0/s1. The van der Waals surface area contributed by atoms with Gasteiger partial charge in [0.15, 0.2) is 11.5 Å². The molecule has 5 nitrogen and oxygen atoms in total. The van der Waals surface area contributed by atoms with Crippen molar-refractivity contribution in [2.75, 3.05) is 26.4 Å². The highest BCUT2D eigenvalue weighted by atomic mass is 35.5. The quantitative estimate of drug-likeness (QED) is 0.824. The molecule has 2 aromatic rings. The Morgan fingerprint density at radius 3 is 2.59 bits per heavy atom. The number of rotatable bonds is 6. The van der Waals surface area contributed by atoms with Gasteiger partial charge in [-0.1, -0.05) is 29.8 Å². The molecular formula is C21H23ClN2O3. The third-order valence-electron chi connectivity index (χ3n) is 5.13. The highest BCUT2D eigenvalue weighted by Gasteiger charge is 2.26. The number of hydrogen-bond acceptors (Lipinski definition) is 4. The maximum Gasteiger partial charge on any atom is 0.231 e. The van der Waals surface area contributed by atoms with Crippen LogP contribution in [0.1, 0.15) is 30.0 Å². The molecule has 0 saturated carbocycles. The summed E-state index contributed by atoms with van der Waals surface area (Å²) in [5.74, 6) is 1.58. The Kier molecular flexibility index (Phi) is 5.50. The van der Waals surface area contributed by atoms with Gasteiger partial charge in [-0.25, -0.2) is 0 Å². The minimum Gasteiger partial charge on any atom is -0.454 e. The Morgan fingerprint density at radius 2 is 1.81 bits per heavy atom. The van der Waals surface area contributed by atoms with Crippen molar-refractivity contribution < 1.29 is 14.3 Å². The number of fused-ring (bicyclic) bond motifs is 1. The normalized spacial score (nSPS) is 17.1. The summed E-state index contributed by atoms with van der Waals surface area (Å²) in [6.07, 6.45) is 2.74. The van der Waals surface area contributed by atoms with E-state index in [-0.39, 0.29) is 18.7 Å². The van der Waals surface area contributed by atoms with Crippen molar-refractivity contribution in [2.24, 2.45) is 0 Å². The number of nitrogens with one attached hydrogen (secondary N) is 1. The molecule has 0 spiro atoms. The summed E-state index contributed by atoms with van der Waals surface area (Å²) in [5, 5.41) is 3.78. The van der Waals surface area contributed by atoms with Gasteiger partial charge in [0.05, 0.1) is 12.5 Å². The molecule has 27 heavy (non-hydrogen) atoms. The smallest absolute Gasteiger partial charge is 0.231 e. The van der Waals surface area contributed by atoms with Gasteiger partial charge in [0.25, 0.3) is 0 Å². The van der Waals surface area contributed by atoms with Crippen LogP contribution >= 0.6 is 11.6 Å². The minimum absolute atomic E-state index is 0.0160. The molecule has 2 heterocycles. The molecule has 0 aromatic heterocycles. The lowest BCUT2D eigenvalue weighted by Crippen LogP contribution is -2.37. The minimum atomic E-state index is 0.0160. The maximum absolute atomic E-state index is 12.4. The van der Waals surface area contributed by atoms with E-state index >= 15 is 0 Å². The predicted octanol–water partition coefficient (Wildman–Crippen LogP) is 3.56. The second-order valence-electron chi connectivity index (χ2n) is 6.98. The van der Waals surface area contributed by atoms with E-state index in [9.17, 15) is 4.79 Å². The topological polar surface area (TPSA) is 50.8 Å². The van der Waals surface area contributed by atoms with Crippen molar-refractivity contribution in [1.29, 1.82) is 0 Å². The van der Waals surface area contributed by atoms with Crippen molar-refractivity contribution in [3.05, 3.63) is 58.6 Å². The van der Waals surface area contributed by atoms with E-state index in [1.54, 1.807) is 0 Å². The summed E-state index contributed by atoms with van der Waals surface area (Å²) >= 11 is 5.91. The zero-order valence-electron chi connectivity index (χ0n) is 15.1. The summed E-state index contributed by atoms with van der Waals surface area (Å²) in [6, 6.07) is 13.6. The highest BCUT2D eigenvalue weighted by molar-refractivity contribution is 6.30. The van der Waals surface area contributed by atoms with E-state index in [1.165, 1.54) is 12.8 Å². The van der Waals surface area contributed by atoms with Crippen LogP contribution in [0.2, 0.25) is 5.02 Å². The molecule has 0 radical (unpaired) electrons. The third-order valence-corrected chi connectivity index (χ3v) is 5.39. The Morgan fingerprint density at radius 1 is 1.07 bits per heavy atom. The van der Waals surface area contributed by atoms with Crippen LogP contribution in [0.4, 0.5) is 0 Å². The molecule has 1 fully saturated rings. The number of hydrogen-bond donors (Lipinski definition) is 1. The summed E-state index contributed by atoms with van der Waals surface area (Å²) in [6.45, 7) is 2.94. The number of carbonyl (C=O) groups excluding carboxylic acids is 1. The Balaban J connectivity index is 1.43. The molecule has 0 unspecified atom stereocenters. The lowest BCUT2D eigenvalue weighted by Gasteiger charge is -2.28. The fourth-order valence-corrected chi connectivity index (χ4v) is 3.82. The molecule has 1 N–H and O–H groups in total. The average molecular weight is 387 g/mol. The summed E-state index contributed by atoms with van der Waals surface area (Å²) in [5.41, 5.74) is 2.10. The van der Waals surface area contributed by atoms with E-state index in [4.69, 9.17) is 21.1 Å². The van der Waals surface area contributed by atoms with Gasteiger partial charge >= 0.3 is 0 Å². The van der Waals surface area contributed by atoms with Crippen LogP contribution in [0.25, 0.3) is 0 Å². The van der Waals surface area contributed by atoms with Gasteiger partial charge in [0.2, 0.25) is 12.7 Å². The molecule has 142 valence electrons. The predicted molar refractivity (Wildman–Crippen MR) is 104 cm³/mol. The first-order valence-electron chi connectivity index (χ1n) is 9.34. The van der Waals surface area contributed by atoms with Gasteiger partial charge in [-0.2, -0.15) is 0 Å². The van der Waals surface area contributed by atoms with Gasteiger partial charge in [-0.05, 0) is 61.3 Å². The largest absolute Gasteiger partial charge is 0.454 e. The van der Waals surface area contributed by atoms with Crippen LogP contribution in [0.3, 0.4) is 0 Å². The van der Waals surface area contributed by atoms with E-state index in [2.05, 4.69) is 16.3 Å².